The largest absolute Gasteiger partial charge is 0.384 e. The Kier molecular flexibility index (Phi) is 5.95. The Morgan fingerprint density at radius 2 is 1.91 bits per heavy atom. The second kappa shape index (κ2) is 9.35. The van der Waals surface area contributed by atoms with Gasteiger partial charge < -0.3 is 20.9 Å². The molecule has 34 heavy (non-hydrogen) atoms. The molecule has 0 aliphatic carbocycles. The summed E-state index contributed by atoms with van der Waals surface area (Å²) in [6, 6.07) is 15.4. The summed E-state index contributed by atoms with van der Waals surface area (Å²) < 4.78 is 0. The Bertz CT molecular complexity index is 1340. The molecule has 0 bridgehead atoms. The van der Waals surface area contributed by atoms with Gasteiger partial charge in [0.25, 0.3) is 5.91 Å². The lowest BCUT2D eigenvalue weighted by Gasteiger charge is -2.15. The van der Waals surface area contributed by atoms with Crippen LogP contribution in [0.4, 0.5) is 5.95 Å². The number of nitrogens with two attached hydrogens (primary N) is 1. The number of anilines is 1. The van der Waals surface area contributed by atoms with Gasteiger partial charge in [-0.15, -0.1) is 0 Å². The molecule has 1 saturated heterocycles. The maximum atomic E-state index is 12.6. The molecule has 4 aromatic rings. The molecule has 1 aliphatic heterocycles. The molecule has 8 heteroatoms. The van der Waals surface area contributed by atoms with Crippen LogP contribution in [0.15, 0.2) is 60.9 Å². The van der Waals surface area contributed by atoms with Crippen molar-refractivity contribution in [3.8, 4) is 11.3 Å². The standard InChI is InChI=1S/C26H27N7O/c27-24(28)21-16-31-23-8-3-17(15-20(21)23)9-11-29-25(34)19-6-4-18(5-7-19)22-10-12-30-26(32-22)33-13-1-2-14-33/h3-8,10,12,15-16,31H,1-2,9,11,13-14H2,(H3,27,28)(H,29,34). The summed E-state index contributed by atoms with van der Waals surface area (Å²) in [7, 11) is 0. The summed E-state index contributed by atoms with van der Waals surface area (Å²) in [5, 5.41) is 11.6. The Labute approximate surface area is 197 Å². The average molecular weight is 454 g/mol. The fraction of sp³-hybridized carbons (Fsp3) is 0.231. The zero-order valence-electron chi connectivity index (χ0n) is 18.8. The van der Waals surface area contributed by atoms with Crippen molar-refractivity contribution in [1.29, 1.82) is 5.41 Å². The summed E-state index contributed by atoms with van der Waals surface area (Å²) in [5.74, 6) is 0.693. The van der Waals surface area contributed by atoms with Gasteiger partial charge in [0.15, 0.2) is 0 Å². The summed E-state index contributed by atoms with van der Waals surface area (Å²) in [5.41, 5.74) is 10.8. The number of nitrogen functional groups attached to an aromatic ring is 1. The second-order valence-corrected chi connectivity index (χ2v) is 8.52. The van der Waals surface area contributed by atoms with E-state index in [1.54, 1.807) is 12.4 Å². The maximum Gasteiger partial charge on any atom is 0.251 e. The minimum Gasteiger partial charge on any atom is -0.384 e. The number of hydrogen-bond acceptors (Lipinski definition) is 5. The van der Waals surface area contributed by atoms with Crippen molar-refractivity contribution in [1.82, 2.24) is 20.3 Å². The highest BCUT2D eigenvalue weighted by Gasteiger charge is 2.15. The number of rotatable bonds is 7. The number of carbonyl (C=O) groups excluding carboxylic acids is 1. The molecule has 1 fully saturated rings. The van der Waals surface area contributed by atoms with Crippen LogP contribution in [0, 0.1) is 5.41 Å². The fourth-order valence-electron chi connectivity index (χ4n) is 4.34. The van der Waals surface area contributed by atoms with Gasteiger partial charge in [-0.1, -0.05) is 18.2 Å². The van der Waals surface area contributed by atoms with Crippen LogP contribution in [0.1, 0.15) is 34.3 Å². The summed E-state index contributed by atoms with van der Waals surface area (Å²) >= 11 is 0. The number of aromatic amines is 1. The van der Waals surface area contributed by atoms with Gasteiger partial charge in [-0.05, 0) is 55.2 Å². The lowest BCUT2D eigenvalue weighted by Crippen LogP contribution is -2.25. The normalized spacial score (nSPS) is 13.4. The second-order valence-electron chi connectivity index (χ2n) is 8.52. The monoisotopic (exact) mass is 453 g/mol. The van der Waals surface area contributed by atoms with Gasteiger partial charge in [-0.2, -0.15) is 0 Å². The van der Waals surface area contributed by atoms with Crippen LogP contribution in [0.2, 0.25) is 0 Å². The molecule has 0 saturated carbocycles. The lowest BCUT2D eigenvalue weighted by atomic mass is 10.1. The van der Waals surface area contributed by atoms with Gasteiger partial charge in [-0.3, -0.25) is 10.2 Å². The Balaban J connectivity index is 1.20. The highest BCUT2D eigenvalue weighted by atomic mass is 16.1. The van der Waals surface area contributed by atoms with Crippen LogP contribution in [0.5, 0.6) is 0 Å². The third kappa shape index (κ3) is 4.47. The lowest BCUT2D eigenvalue weighted by molar-refractivity contribution is 0.0954. The van der Waals surface area contributed by atoms with E-state index in [1.807, 2.05) is 48.5 Å². The van der Waals surface area contributed by atoms with Crippen LogP contribution < -0.4 is 16.0 Å². The number of carbonyl (C=O) groups is 1. The molecule has 1 aliphatic rings. The minimum atomic E-state index is -0.112. The average Bonchev–Trinajstić information content (AvgIpc) is 3.54. The highest BCUT2D eigenvalue weighted by Crippen LogP contribution is 2.22. The maximum absolute atomic E-state index is 12.6. The first-order chi connectivity index (χ1) is 16.6. The zero-order chi connectivity index (χ0) is 23.5. The van der Waals surface area contributed by atoms with Crippen molar-refractivity contribution in [2.75, 3.05) is 24.5 Å². The number of hydrogen-bond donors (Lipinski definition) is 4. The first kappa shape index (κ1) is 21.6. The third-order valence-electron chi connectivity index (χ3n) is 6.21. The number of aromatic nitrogens is 3. The smallest absolute Gasteiger partial charge is 0.251 e. The highest BCUT2D eigenvalue weighted by molar-refractivity contribution is 6.07. The Hall–Kier alpha value is -4.20. The number of nitrogens with zero attached hydrogens (tertiary/aromatic N) is 3. The first-order valence-corrected chi connectivity index (χ1v) is 11.5. The number of amidine groups is 1. The van der Waals surface area contributed by atoms with E-state index in [1.165, 1.54) is 12.8 Å². The molecule has 2 aromatic heterocycles. The predicted octanol–water partition coefficient (Wildman–Crippen LogP) is 3.48. The van der Waals surface area contributed by atoms with Crippen molar-refractivity contribution >= 4 is 28.6 Å². The molecule has 172 valence electrons. The molecule has 2 aromatic carbocycles. The van der Waals surface area contributed by atoms with Gasteiger partial charge in [0.05, 0.1) is 5.69 Å². The van der Waals surface area contributed by atoms with Crippen LogP contribution in [0.25, 0.3) is 22.2 Å². The van der Waals surface area contributed by atoms with Crippen LogP contribution >= 0.6 is 0 Å². The van der Waals surface area contributed by atoms with Crippen molar-refractivity contribution in [3.63, 3.8) is 0 Å². The van der Waals surface area contributed by atoms with Crippen molar-refractivity contribution in [3.05, 3.63) is 77.6 Å². The van der Waals surface area contributed by atoms with E-state index in [0.29, 0.717) is 24.1 Å². The molecule has 5 N–H and O–H groups in total. The fourth-order valence-corrected chi connectivity index (χ4v) is 4.34. The zero-order valence-corrected chi connectivity index (χ0v) is 18.8. The minimum absolute atomic E-state index is 0.0365. The topological polar surface area (TPSA) is 124 Å². The SMILES string of the molecule is N=C(N)c1c[nH]c2ccc(CCNC(=O)c3ccc(-c4ccnc(N5CCCC5)n4)cc3)cc12. The molecule has 0 atom stereocenters. The Morgan fingerprint density at radius 1 is 1.12 bits per heavy atom. The van der Waals surface area contributed by atoms with E-state index < -0.39 is 0 Å². The molecule has 0 unspecified atom stereocenters. The molecular formula is C26H27N7O. The van der Waals surface area contributed by atoms with Crippen molar-refractivity contribution in [2.24, 2.45) is 5.73 Å². The summed E-state index contributed by atoms with van der Waals surface area (Å²) in [4.78, 5) is 27.1. The number of benzene rings is 2. The molecular weight excluding hydrogens is 426 g/mol. The predicted molar refractivity (Wildman–Crippen MR) is 134 cm³/mol. The van der Waals surface area contributed by atoms with E-state index >= 15 is 0 Å². The van der Waals surface area contributed by atoms with E-state index in [2.05, 4.69) is 20.2 Å². The van der Waals surface area contributed by atoms with Crippen LogP contribution in [-0.4, -0.2) is 46.3 Å². The molecule has 8 nitrogen and oxygen atoms in total. The number of H-pyrrole nitrogens is 1. The van der Waals surface area contributed by atoms with E-state index in [-0.39, 0.29) is 11.7 Å². The summed E-state index contributed by atoms with van der Waals surface area (Å²) in [6.45, 7) is 2.51. The van der Waals surface area contributed by atoms with Crippen molar-refractivity contribution < 1.29 is 4.79 Å². The number of fused-ring (bicyclic) bond motifs is 1. The summed E-state index contributed by atoms with van der Waals surface area (Å²) in [6.07, 6.45) is 6.58. The van der Waals surface area contributed by atoms with Gasteiger partial charge in [0, 0.05) is 59.6 Å². The van der Waals surface area contributed by atoms with E-state index in [9.17, 15) is 4.79 Å². The van der Waals surface area contributed by atoms with Gasteiger partial charge in [0.1, 0.15) is 5.84 Å². The molecule has 0 radical (unpaired) electrons. The van der Waals surface area contributed by atoms with E-state index in [0.717, 1.165) is 46.8 Å². The van der Waals surface area contributed by atoms with Crippen LogP contribution in [0.3, 0.4) is 0 Å². The molecule has 5 rings (SSSR count). The Morgan fingerprint density at radius 3 is 2.68 bits per heavy atom. The number of amides is 1. The van der Waals surface area contributed by atoms with Gasteiger partial charge in [-0.25, -0.2) is 9.97 Å². The van der Waals surface area contributed by atoms with Gasteiger partial charge in [0.2, 0.25) is 5.95 Å². The molecule has 3 heterocycles. The van der Waals surface area contributed by atoms with E-state index in [4.69, 9.17) is 16.1 Å². The first-order valence-electron chi connectivity index (χ1n) is 11.5. The molecule has 1 amide bonds. The number of nitrogens with one attached hydrogen (secondary N) is 3. The quantitative estimate of drug-likeness (QED) is 0.252. The third-order valence-corrected chi connectivity index (χ3v) is 6.21. The van der Waals surface area contributed by atoms with Crippen LogP contribution in [-0.2, 0) is 6.42 Å². The van der Waals surface area contributed by atoms with Gasteiger partial charge >= 0.3 is 0 Å². The molecule has 0 spiro atoms. The van der Waals surface area contributed by atoms with Crippen molar-refractivity contribution in [2.45, 2.75) is 19.3 Å².